The molecule has 0 spiro atoms. The molecular weight excluding hydrogens is 270 g/mol. The first-order valence-electron chi connectivity index (χ1n) is 6.63. The SMILES string of the molecule is COc1cc(-c2nc3ccncc3[nH]2)cc2c1OCCO2. The zero-order valence-corrected chi connectivity index (χ0v) is 11.4. The van der Waals surface area contributed by atoms with E-state index >= 15 is 0 Å². The molecular formula is C15H13N3O3. The average molecular weight is 283 g/mol. The Hall–Kier alpha value is -2.76. The molecule has 6 heteroatoms. The Bertz CT molecular complexity index is 763. The quantitative estimate of drug-likeness (QED) is 0.782. The van der Waals surface area contributed by atoms with Crippen molar-refractivity contribution >= 4 is 11.0 Å². The first-order chi connectivity index (χ1) is 10.3. The van der Waals surface area contributed by atoms with Crippen molar-refractivity contribution < 1.29 is 14.2 Å². The number of rotatable bonds is 2. The fraction of sp³-hybridized carbons (Fsp3) is 0.200. The number of ether oxygens (including phenoxy) is 3. The normalized spacial score (nSPS) is 13.4. The largest absolute Gasteiger partial charge is 0.493 e. The molecule has 1 aliphatic rings. The van der Waals surface area contributed by atoms with Gasteiger partial charge >= 0.3 is 0 Å². The topological polar surface area (TPSA) is 69.3 Å². The van der Waals surface area contributed by atoms with Crippen molar-refractivity contribution in [1.82, 2.24) is 15.0 Å². The summed E-state index contributed by atoms with van der Waals surface area (Å²) >= 11 is 0. The summed E-state index contributed by atoms with van der Waals surface area (Å²) in [6, 6.07) is 5.66. The first-order valence-corrected chi connectivity index (χ1v) is 6.63. The Labute approximate surface area is 120 Å². The number of aromatic nitrogens is 3. The fourth-order valence-corrected chi connectivity index (χ4v) is 2.40. The highest BCUT2D eigenvalue weighted by Crippen LogP contribution is 2.42. The first kappa shape index (κ1) is 12.0. The smallest absolute Gasteiger partial charge is 0.203 e. The predicted molar refractivity (Wildman–Crippen MR) is 76.9 cm³/mol. The fourth-order valence-electron chi connectivity index (χ4n) is 2.40. The third-order valence-corrected chi connectivity index (χ3v) is 3.38. The standard InChI is InChI=1S/C15H13N3O3/c1-19-12-6-9(7-13-14(12)21-5-4-20-13)15-17-10-2-3-16-8-11(10)18-15/h2-3,6-8H,4-5H2,1H3,(H,17,18). The molecule has 1 aliphatic heterocycles. The van der Waals surface area contributed by atoms with Crippen LogP contribution in [-0.2, 0) is 0 Å². The Morgan fingerprint density at radius 1 is 1.24 bits per heavy atom. The van der Waals surface area contributed by atoms with Crippen LogP contribution in [0.25, 0.3) is 22.4 Å². The van der Waals surface area contributed by atoms with E-state index in [1.165, 1.54) is 0 Å². The van der Waals surface area contributed by atoms with E-state index in [4.69, 9.17) is 14.2 Å². The Morgan fingerprint density at radius 3 is 3.00 bits per heavy atom. The lowest BCUT2D eigenvalue weighted by molar-refractivity contribution is 0.165. The van der Waals surface area contributed by atoms with Crippen LogP contribution in [0.1, 0.15) is 0 Å². The molecule has 0 radical (unpaired) electrons. The highest BCUT2D eigenvalue weighted by molar-refractivity contribution is 5.79. The van der Waals surface area contributed by atoms with Crippen molar-refractivity contribution in [2.24, 2.45) is 0 Å². The van der Waals surface area contributed by atoms with Crippen molar-refractivity contribution in [3.63, 3.8) is 0 Å². The molecule has 1 N–H and O–H groups in total. The van der Waals surface area contributed by atoms with Gasteiger partial charge in [-0.1, -0.05) is 0 Å². The van der Waals surface area contributed by atoms with Crippen LogP contribution in [0.15, 0.2) is 30.6 Å². The summed E-state index contributed by atoms with van der Waals surface area (Å²) in [6.07, 6.45) is 3.47. The van der Waals surface area contributed by atoms with E-state index in [0.717, 1.165) is 22.4 Å². The van der Waals surface area contributed by atoms with Gasteiger partial charge in [-0.05, 0) is 18.2 Å². The number of nitrogens with one attached hydrogen (secondary N) is 1. The summed E-state index contributed by atoms with van der Waals surface area (Å²) in [5, 5.41) is 0. The Balaban J connectivity index is 1.87. The van der Waals surface area contributed by atoms with Crippen molar-refractivity contribution in [3.05, 3.63) is 30.6 Å². The van der Waals surface area contributed by atoms with Crippen molar-refractivity contribution in [2.75, 3.05) is 20.3 Å². The number of benzene rings is 1. The van der Waals surface area contributed by atoms with Gasteiger partial charge in [0.2, 0.25) is 5.75 Å². The summed E-state index contributed by atoms with van der Waals surface area (Å²) in [6.45, 7) is 1.06. The van der Waals surface area contributed by atoms with E-state index in [1.54, 1.807) is 19.5 Å². The second-order valence-corrected chi connectivity index (χ2v) is 4.68. The molecule has 0 saturated carbocycles. The van der Waals surface area contributed by atoms with Crippen molar-refractivity contribution in [3.8, 4) is 28.6 Å². The average Bonchev–Trinajstić information content (AvgIpc) is 2.98. The van der Waals surface area contributed by atoms with E-state index in [9.17, 15) is 0 Å². The molecule has 0 bridgehead atoms. The van der Waals surface area contributed by atoms with Gasteiger partial charge in [0.25, 0.3) is 0 Å². The molecule has 0 atom stereocenters. The maximum Gasteiger partial charge on any atom is 0.203 e. The Kier molecular flexibility index (Phi) is 2.67. The minimum absolute atomic E-state index is 0.527. The molecule has 21 heavy (non-hydrogen) atoms. The van der Waals surface area contributed by atoms with Gasteiger partial charge in [0.1, 0.15) is 19.0 Å². The number of hydrogen-bond donors (Lipinski definition) is 1. The molecule has 2 aromatic heterocycles. The molecule has 106 valence electrons. The number of nitrogens with zero attached hydrogens (tertiary/aromatic N) is 2. The van der Waals surface area contributed by atoms with Gasteiger partial charge in [-0.3, -0.25) is 4.98 Å². The van der Waals surface area contributed by atoms with Crippen LogP contribution in [0, 0.1) is 0 Å². The van der Waals surface area contributed by atoms with E-state index in [0.29, 0.717) is 30.5 Å². The van der Waals surface area contributed by atoms with E-state index in [1.807, 2.05) is 18.2 Å². The molecule has 0 aliphatic carbocycles. The molecule has 4 rings (SSSR count). The zero-order chi connectivity index (χ0) is 14.2. The van der Waals surface area contributed by atoms with Gasteiger partial charge in [0.05, 0.1) is 24.3 Å². The van der Waals surface area contributed by atoms with Crippen LogP contribution in [0.5, 0.6) is 17.2 Å². The number of H-pyrrole nitrogens is 1. The van der Waals surface area contributed by atoms with Gasteiger partial charge in [0.15, 0.2) is 11.5 Å². The number of hydrogen-bond acceptors (Lipinski definition) is 5. The van der Waals surface area contributed by atoms with Gasteiger partial charge in [-0.2, -0.15) is 0 Å². The van der Waals surface area contributed by atoms with Crippen LogP contribution in [0.3, 0.4) is 0 Å². The summed E-state index contributed by atoms with van der Waals surface area (Å²) in [4.78, 5) is 11.9. The zero-order valence-electron chi connectivity index (χ0n) is 11.4. The van der Waals surface area contributed by atoms with Gasteiger partial charge < -0.3 is 19.2 Å². The molecule has 0 unspecified atom stereocenters. The lowest BCUT2D eigenvalue weighted by atomic mass is 10.1. The van der Waals surface area contributed by atoms with Crippen LogP contribution >= 0.6 is 0 Å². The van der Waals surface area contributed by atoms with Gasteiger partial charge in [-0.15, -0.1) is 0 Å². The minimum atomic E-state index is 0.527. The molecule has 0 amide bonds. The second kappa shape index (κ2) is 4.66. The van der Waals surface area contributed by atoms with Crippen LogP contribution in [-0.4, -0.2) is 35.3 Å². The summed E-state index contributed by atoms with van der Waals surface area (Å²) in [5.74, 6) is 2.70. The summed E-state index contributed by atoms with van der Waals surface area (Å²) < 4.78 is 16.6. The maximum absolute atomic E-state index is 5.64. The Morgan fingerprint density at radius 2 is 2.14 bits per heavy atom. The van der Waals surface area contributed by atoms with Gasteiger partial charge in [-0.25, -0.2) is 4.98 Å². The molecule has 0 fully saturated rings. The number of pyridine rings is 1. The highest BCUT2D eigenvalue weighted by atomic mass is 16.6. The maximum atomic E-state index is 5.64. The van der Waals surface area contributed by atoms with E-state index in [-0.39, 0.29) is 0 Å². The van der Waals surface area contributed by atoms with E-state index in [2.05, 4.69) is 15.0 Å². The molecule has 1 aromatic carbocycles. The predicted octanol–water partition coefficient (Wildman–Crippen LogP) is 2.40. The second-order valence-electron chi connectivity index (χ2n) is 4.68. The van der Waals surface area contributed by atoms with E-state index < -0.39 is 0 Å². The molecule has 6 nitrogen and oxygen atoms in total. The molecule has 3 aromatic rings. The highest BCUT2D eigenvalue weighted by Gasteiger charge is 2.20. The minimum Gasteiger partial charge on any atom is -0.493 e. The summed E-state index contributed by atoms with van der Waals surface area (Å²) in [7, 11) is 1.61. The number of fused-ring (bicyclic) bond motifs is 2. The number of methoxy groups -OCH3 is 1. The lowest BCUT2D eigenvalue weighted by Gasteiger charge is -2.21. The van der Waals surface area contributed by atoms with Crippen molar-refractivity contribution in [1.29, 1.82) is 0 Å². The monoisotopic (exact) mass is 283 g/mol. The third kappa shape index (κ3) is 1.96. The molecule has 0 saturated heterocycles. The van der Waals surface area contributed by atoms with Crippen molar-refractivity contribution in [2.45, 2.75) is 0 Å². The number of imidazole rings is 1. The lowest BCUT2D eigenvalue weighted by Crippen LogP contribution is -2.16. The van der Waals surface area contributed by atoms with Crippen LogP contribution in [0.2, 0.25) is 0 Å². The molecule has 3 heterocycles. The van der Waals surface area contributed by atoms with Gasteiger partial charge in [0, 0.05) is 11.8 Å². The van der Waals surface area contributed by atoms with Crippen LogP contribution in [0.4, 0.5) is 0 Å². The number of aromatic amines is 1. The van der Waals surface area contributed by atoms with Crippen LogP contribution < -0.4 is 14.2 Å². The third-order valence-electron chi connectivity index (χ3n) is 3.38. The summed E-state index contributed by atoms with van der Waals surface area (Å²) in [5.41, 5.74) is 2.64.